The van der Waals surface area contributed by atoms with E-state index in [1.807, 2.05) is 61.5 Å². The predicted molar refractivity (Wildman–Crippen MR) is 140 cm³/mol. The van der Waals surface area contributed by atoms with Crippen molar-refractivity contribution < 1.29 is 19.4 Å². The van der Waals surface area contributed by atoms with Crippen molar-refractivity contribution in [2.45, 2.75) is 13.0 Å². The number of carbonyl (C=O) groups is 2. The zero-order chi connectivity index (χ0) is 25.2. The van der Waals surface area contributed by atoms with Gasteiger partial charge in [-0.3, -0.25) is 14.5 Å². The molecule has 36 heavy (non-hydrogen) atoms. The van der Waals surface area contributed by atoms with Gasteiger partial charge in [-0.05, 0) is 66.6 Å². The maximum absolute atomic E-state index is 13.4. The molecule has 0 radical (unpaired) electrons. The number of aryl methyl sites for hydroxylation is 1. The second kappa shape index (κ2) is 9.72. The van der Waals surface area contributed by atoms with Crippen molar-refractivity contribution in [1.82, 2.24) is 0 Å². The van der Waals surface area contributed by atoms with E-state index in [0.717, 1.165) is 5.56 Å². The smallest absolute Gasteiger partial charge is 0.300 e. The molecule has 4 aromatic carbocycles. The van der Waals surface area contributed by atoms with Crippen molar-refractivity contribution in [3.05, 3.63) is 130 Å². The van der Waals surface area contributed by atoms with E-state index in [0.29, 0.717) is 33.3 Å². The van der Waals surface area contributed by atoms with Gasteiger partial charge in [0.1, 0.15) is 17.3 Å². The number of rotatable bonds is 5. The Morgan fingerprint density at radius 1 is 0.833 bits per heavy atom. The van der Waals surface area contributed by atoms with Gasteiger partial charge in [-0.1, -0.05) is 66.2 Å². The first-order valence-electron chi connectivity index (χ1n) is 11.4. The molecule has 1 fully saturated rings. The van der Waals surface area contributed by atoms with E-state index in [1.165, 1.54) is 4.90 Å². The van der Waals surface area contributed by atoms with Crippen molar-refractivity contribution in [3.63, 3.8) is 0 Å². The Labute approximate surface area is 213 Å². The highest BCUT2D eigenvalue weighted by Crippen LogP contribution is 2.43. The van der Waals surface area contributed by atoms with Gasteiger partial charge >= 0.3 is 0 Å². The third-order valence-electron chi connectivity index (χ3n) is 5.98. The summed E-state index contributed by atoms with van der Waals surface area (Å²) in [7, 11) is 0. The van der Waals surface area contributed by atoms with Gasteiger partial charge in [0.05, 0.1) is 11.6 Å². The molecule has 1 amide bonds. The number of Topliss-reactive ketones (excluding diaryl/α,β-unsaturated/α-hetero) is 1. The number of anilines is 1. The number of benzene rings is 4. The molecule has 0 aliphatic carbocycles. The van der Waals surface area contributed by atoms with Crippen molar-refractivity contribution in [1.29, 1.82) is 0 Å². The van der Waals surface area contributed by atoms with E-state index in [2.05, 4.69) is 0 Å². The maximum atomic E-state index is 13.4. The highest BCUT2D eigenvalue weighted by molar-refractivity contribution is 6.51. The number of carbonyl (C=O) groups excluding carboxylic acids is 2. The van der Waals surface area contributed by atoms with E-state index in [9.17, 15) is 14.7 Å². The van der Waals surface area contributed by atoms with E-state index in [1.54, 1.807) is 48.5 Å². The topological polar surface area (TPSA) is 66.8 Å². The molecule has 0 spiro atoms. The molecule has 1 atom stereocenters. The van der Waals surface area contributed by atoms with Crippen LogP contribution in [0.3, 0.4) is 0 Å². The minimum absolute atomic E-state index is 0.0133. The van der Waals surface area contributed by atoms with Gasteiger partial charge in [0.2, 0.25) is 0 Å². The van der Waals surface area contributed by atoms with Gasteiger partial charge in [-0.25, -0.2) is 0 Å². The maximum Gasteiger partial charge on any atom is 0.300 e. The number of para-hydroxylation sites is 1. The van der Waals surface area contributed by atoms with E-state index in [-0.39, 0.29) is 11.3 Å². The molecule has 0 saturated carbocycles. The lowest BCUT2D eigenvalue weighted by atomic mass is 9.95. The minimum atomic E-state index is -0.870. The van der Waals surface area contributed by atoms with Crippen LogP contribution in [-0.2, 0) is 9.59 Å². The molecule has 1 heterocycles. The average molecular weight is 496 g/mol. The molecule has 178 valence electrons. The number of aliphatic hydroxyl groups is 1. The fraction of sp³-hybridized carbons (Fsp3) is 0.0667. The lowest BCUT2D eigenvalue weighted by molar-refractivity contribution is -0.132. The zero-order valence-electron chi connectivity index (χ0n) is 19.4. The number of ether oxygens (including phenoxy) is 1. The van der Waals surface area contributed by atoms with Gasteiger partial charge in [0.25, 0.3) is 11.7 Å². The Bertz CT molecular complexity index is 1500. The zero-order valence-corrected chi connectivity index (χ0v) is 20.1. The first-order valence-corrected chi connectivity index (χ1v) is 11.8. The second-order valence-corrected chi connectivity index (χ2v) is 8.94. The van der Waals surface area contributed by atoms with Crippen LogP contribution in [0.15, 0.2) is 109 Å². The Balaban J connectivity index is 1.68. The summed E-state index contributed by atoms with van der Waals surface area (Å²) in [6.45, 7) is 1.91. The summed E-state index contributed by atoms with van der Waals surface area (Å²) >= 11 is 6.14. The second-order valence-electron chi connectivity index (χ2n) is 8.51. The van der Waals surface area contributed by atoms with Crippen LogP contribution in [0.2, 0.25) is 5.02 Å². The Morgan fingerprint density at radius 3 is 2.31 bits per heavy atom. The number of aliphatic hydroxyl groups excluding tert-OH is 1. The largest absolute Gasteiger partial charge is 0.507 e. The van der Waals surface area contributed by atoms with Gasteiger partial charge in [0, 0.05) is 16.3 Å². The lowest BCUT2D eigenvalue weighted by Crippen LogP contribution is -2.29. The summed E-state index contributed by atoms with van der Waals surface area (Å²) in [6.07, 6.45) is 0. The van der Waals surface area contributed by atoms with Crippen molar-refractivity contribution in [3.8, 4) is 11.5 Å². The number of nitrogens with zero attached hydrogens (tertiary/aromatic N) is 1. The first-order chi connectivity index (χ1) is 17.4. The number of amides is 1. The van der Waals surface area contributed by atoms with Gasteiger partial charge < -0.3 is 9.84 Å². The highest BCUT2D eigenvalue weighted by atomic mass is 35.5. The minimum Gasteiger partial charge on any atom is -0.507 e. The first kappa shape index (κ1) is 23.4. The summed E-state index contributed by atoms with van der Waals surface area (Å²) < 4.78 is 6.00. The number of hydrogen-bond donors (Lipinski definition) is 1. The monoisotopic (exact) mass is 495 g/mol. The van der Waals surface area contributed by atoms with Gasteiger partial charge in [-0.2, -0.15) is 0 Å². The predicted octanol–water partition coefficient (Wildman–Crippen LogP) is 7.07. The molecule has 5 nitrogen and oxygen atoms in total. The quantitative estimate of drug-likeness (QED) is 0.183. The Morgan fingerprint density at radius 2 is 1.56 bits per heavy atom. The molecule has 6 heteroatoms. The molecule has 1 aliphatic rings. The molecule has 1 aliphatic heterocycles. The summed E-state index contributed by atoms with van der Waals surface area (Å²) in [4.78, 5) is 28.1. The summed E-state index contributed by atoms with van der Waals surface area (Å²) in [5.74, 6) is -0.583. The third-order valence-corrected chi connectivity index (χ3v) is 6.21. The van der Waals surface area contributed by atoms with Crippen LogP contribution in [0.4, 0.5) is 5.69 Å². The molecule has 0 aromatic heterocycles. The molecule has 0 bridgehead atoms. The van der Waals surface area contributed by atoms with Crippen LogP contribution in [0, 0.1) is 6.92 Å². The molecular weight excluding hydrogens is 474 g/mol. The molecule has 1 unspecified atom stereocenters. The fourth-order valence-electron chi connectivity index (χ4n) is 4.36. The SMILES string of the molecule is Cc1cccc(N2C(=O)C(=O)/C(=C(\O)c3cccc(Cl)c3)C2c2cccc(Oc3ccccc3)c2)c1. The third kappa shape index (κ3) is 4.49. The average Bonchev–Trinajstić information content (AvgIpc) is 3.15. The number of hydrogen-bond acceptors (Lipinski definition) is 4. The highest BCUT2D eigenvalue weighted by Gasteiger charge is 2.47. The Kier molecular flexibility index (Phi) is 6.32. The molecule has 4 aromatic rings. The molecule has 5 rings (SSSR count). The van der Waals surface area contributed by atoms with E-state index < -0.39 is 17.7 Å². The molecule has 1 saturated heterocycles. The van der Waals surface area contributed by atoms with Crippen LogP contribution >= 0.6 is 11.6 Å². The van der Waals surface area contributed by atoms with Crippen molar-refractivity contribution in [2.24, 2.45) is 0 Å². The van der Waals surface area contributed by atoms with Crippen LogP contribution in [0.1, 0.15) is 22.7 Å². The Hall–Kier alpha value is -4.35. The summed E-state index contributed by atoms with van der Waals surface area (Å²) in [6, 6.07) is 29.5. The van der Waals surface area contributed by atoms with Crippen LogP contribution in [0.25, 0.3) is 5.76 Å². The van der Waals surface area contributed by atoms with Crippen molar-refractivity contribution >= 4 is 34.7 Å². The van der Waals surface area contributed by atoms with Crippen LogP contribution in [-0.4, -0.2) is 16.8 Å². The van der Waals surface area contributed by atoms with Gasteiger partial charge in [0.15, 0.2) is 0 Å². The summed E-state index contributed by atoms with van der Waals surface area (Å²) in [5.41, 5.74) is 2.45. The van der Waals surface area contributed by atoms with E-state index in [4.69, 9.17) is 16.3 Å². The lowest BCUT2D eigenvalue weighted by Gasteiger charge is -2.26. The van der Waals surface area contributed by atoms with E-state index >= 15 is 0 Å². The van der Waals surface area contributed by atoms with Crippen LogP contribution in [0.5, 0.6) is 11.5 Å². The van der Waals surface area contributed by atoms with Crippen molar-refractivity contribution in [2.75, 3.05) is 4.90 Å². The van der Waals surface area contributed by atoms with Crippen LogP contribution < -0.4 is 9.64 Å². The fourth-order valence-corrected chi connectivity index (χ4v) is 4.55. The summed E-state index contributed by atoms with van der Waals surface area (Å²) in [5, 5.41) is 11.7. The number of halogens is 1. The molecular formula is C30H22ClNO4. The van der Waals surface area contributed by atoms with Gasteiger partial charge in [-0.15, -0.1) is 0 Å². The standard InChI is InChI=1S/C30H22ClNO4/c1-19-8-5-12-23(16-19)32-27(20-9-7-15-25(18-20)36-24-13-3-2-4-14-24)26(29(34)30(32)35)28(33)21-10-6-11-22(31)17-21/h2-18,27,33H,1H3/b28-26-. The molecule has 1 N–H and O–H groups in total. The number of ketones is 1. The normalized spacial score (nSPS) is 16.8.